The molecule has 158 valence electrons. The molecule has 1 saturated carbocycles. The number of rotatable bonds is 5. The van der Waals surface area contributed by atoms with Gasteiger partial charge < -0.3 is 11.1 Å². The van der Waals surface area contributed by atoms with Gasteiger partial charge in [-0.3, -0.25) is 9.69 Å². The lowest BCUT2D eigenvalue weighted by atomic mass is 9.68. The Kier molecular flexibility index (Phi) is 7.15. The molecule has 0 saturated heterocycles. The second kappa shape index (κ2) is 8.86. The largest absolute Gasteiger partial charge is 0.346 e. The molecule has 1 fully saturated rings. The van der Waals surface area contributed by atoms with Gasteiger partial charge in [0.2, 0.25) is 5.91 Å². The fourth-order valence-electron chi connectivity index (χ4n) is 4.41. The number of hydrogen-bond acceptors (Lipinski definition) is 3. The van der Waals surface area contributed by atoms with Gasteiger partial charge in [-0.25, -0.2) is 0 Å². The molecule has 2 aromatic rings. The van der Waals surface area contributed by atoms with Crippen molar-refractivity contribution in [3.05, 3.63) is 71.8 Å². The molecule has 0 bridgehead atoms. The highest BCUT2D eigenvalue weighted by Gasteiger charge is 2.47. The first-order chi connectivity index (χ1) is 13.2. The van der Waals surface area contributed by atoms with E-state index in [0.717, 1.165) is 18.4 Å². The molecule has 4 nitrogen and oxygen atoms in total. The molecule has 0 heterocycles. The minimum absolute atomic E-state index is 0. The fourth-order valence-corrected chi connectivity index (χ4v) is 4.41. The molecule has 0 atom stereocenters. The lowest BCUT2D eigenvalue weighted by Gasteiger charge is -2.48. The van der Waals surface area contributed by atoms with Crippen LogP contribution in [0.1, 0.15) is 50.7 Å². The van der Waals surface area contributed by atoms with Crippen molar-refractivity contribution in [1.29, 1.82) is 0 Å². The summed E-state index contributed by atoms with van der Waals surface area (Å²) in [6.07, 6.45) is 3.05. The third-order valence-electron chi connectivity index (χ3n) is 6.51. The third kappa shape index (κ3) is 4.66. The number of hydrogen-bond donors (Lipinski definition) is 2. The summed E-state index contributed by atoms with van der Waals surface area (Å²) in [6.45, 7) is 4.06. The van der Waals surface area contributed by atoms with Crippen molar-refractivity contribution in [2.45, 2.75) is 56.1 Å². The van der Waals surface area contributed by atoms with Crippen LogP contribution in [0.25, 0.3) is 0 Å². The first-order valence-electron chi connectivity index (χ1n) is 10.1. The zero-order chi connectivity index (χ0) is 20.4. The van der Waals surface area contributed by atoms with Crippen molar-refractivity contribution in [2.75, 3.05) is 14.1 Å². The first-order valence-corrected chi connectivity index (χ1v) is 10.1. The van der Waals surface area contributed by atoms with Crippen molar-refractivity contribution < 1.29 is 4.79 Å². The number of nitrogens with one attached hydrogen (secondary N) is 1. The molecule has 1 aliphatic carbocycles. The van der Waals surface area contributed by atoms with Crippen LogP contribution in [0.15, 0.2) is 60.7 Å². The Labute approximate surface area is 181 Å². The van der Waals surface area contributed by atoms with E-state index in [2.05, 4.69) is 48.6 Å². The lowest BCUT2D eigenvalue weighted by Crippen LogP contribution is -2.61. The smallest absolute Gasteiger partial charge is 0.240 e. The number of amides is 1. The Morgan fingerprint density at radius 2 is 1.41 bits per heavy atom. The van der Waals surface area contributed by atoms with Crippen molar-refractivity contribution in [3.8, 4) is 0 Å². The second-order valence-corrected chi connectivity index (χ2v) is 8.89. The maximum atomic E-state index is 13.2. The quantitative estimate of drug-likeness (QED) is 0.769. The molecule has 0 radical (unpaired) electrons. The highest BCUT2D eigenvalue weighted by molar-refractivity contribution is 5.87. The second-order valence-electron chi connectivity index (χ2n) is 8.89. The van der Waals surface area contributed by atoms with Gasteiger partial charge in [-0.15, -0.1) is 12.4 Å². The van der Waals surface area contributed by atoms with Crippen molar-refractivity contribution in [3.63, 3.8) is 0 Å². The molecule has 29 heavy (non-hydrogen) atoms. The molecule has 0 spiro atoms. The van der Waals surface area contributed by atoms with Gasteiger partial charge in [-0.2, -0.15) is 0 Å². The molecule has 0 unspecified atom stereocenters. The van der Waals surface area contributed by atoms with Gasteiger partial charge in [0.15, 0.2) is 0 Å². The van der Waals surface area contributed by atoms with Crippen molar-refractivity contribution >= 4 is 18.3 Å². The third-order valence-corrected chi connectivity index (χ3v) is 6.51. The van der Waals surface area contributed by atoms with Gasteiger partial charge in [-0.1, -0.05) is 60.7 Å². The molecule has 1 amide bonds. The van der Waals surface area contributed by atoms with E-state index in [-0.39, 0.29) is 23.9 Å². The van der Waals surface area contributed by atoms with E-state index in [9.17, 15) is 4.79 Å². The van der Waals surface area contributed by atoms with E-state index >= 15 is 0 Å². The van der Waals surface area contributed by atoms with E-state index in [4.69, 9.17) is 5.73 Å². The maximum Gasteiger partial charge on any atom is 0.240 e. The summed E-state index contributed by atoms with van der Waals surface area (Å²) in [5.74, 6) is -0.0539. The number of halogens is 1. The van der Waals surface area contributed by atoms with E-state index in [1.165, 1.54) is 5.56 Å². The maximum absolute atomic E-state index is 13.2. The van der Waals surface area contributed by atoms with Crippen LogP contribution in [0.5, 0.6) is 0 Å². The highest BCUT2D eigenvalue weighted by atomic mass is 35.5. The van der Waals surface area contributed by atoms with E-state index in [1.54, 1.807) is 0 Å². The van der Waals surface area contributed by atoms with E-state index in [1.807, 2.05) is 50.2 Å². The topological polar surface area (TPSA) is 58.4 Å². The number of nitrogens with zero attached hydrogens (tertiary/aromatic N) is 1. The van der Waals surface area contributed by atoms with Gasteiger partial charge in [0.1, 0.15) is 0 Å². The summed E-state index contributed by atoms with van der Waals surface area (Å²) in [5, 5.41) is 3.20. The van der Waals surface area contributed by atoms with Crippen LogP contribution >= 0.6 is 12.4 Å². The van der Waals surface area contributed by atoms with Gasteiger partial charge >= 0.3 is 0 Å². The monoisotopic (exact) mass is 415 g/mol. The summed E-state index contributed by atoms with van der Waals surface area (Å²) in [5.41, 5.74) is 7.67. The Balaban J connectivity index is 0.00000300. The molecule has 3 N–H and O–H groups in total. The molecule has 1 aliphatic rings. The summed E-state index contributed by atoms with van der Waals surface area (Å²) in [7, 11) is 4.24. The van der Waals surface area contributed by atoms with Gasteiger partial charge in [-0.05, 0) is 64.8 Å². The molecular formula is C24H34ClN3O. The molecule has 3 rings (SSSR count). The fraction of sp³-hybridized carbons (Fsp3) is 0.458. The normalized spacial score (nSPS) is 24.6. The average molecular weight is 416 g/mol. The minimum Gasteiger partial charge on any atom is -0.346 e. The summed E-state index contributed by atoms with van der Waals surface area (Å²) < 4.78 is 0. The van der Waals surface area contributed by atoms with Gasteiger partial charge in [0, 0.05) is 5.54 Å². The lowest BCUT2D eigenvalue weighted by molar-refractivity contribution is -0.130. The zero-order valence-electron chi connectivity index (χ0n) is 17.9. The van der Waals surface area contributed by atoms with Gasteiger partial charge in [0.05, 0.1) is 11.1 Å². The van der Waals surface area contributed by atoms with Crippen LogP contribution in [0, 0.1) is 0 Å². The van der Waals surface area contributed by atoms with Crippen LogP contribution in [0.4, 0.5) is 0 Å². The van der Waals surface area contributed by atoms with Crippen LogP contribution in [0.2, 0.25) is 0 Å². The Morgan fingerprint density at radius 1 is 0.931 bits per heavy atom. The SMILES string of the molecule is CN(C)[C@]1(c2ccccc2)CC[C@@](N)(C(=O)NC(C)(C)c2ccccc2)CC1.Cl. The van der Waals surface area contributed by atoms with E-state index in [0.29, 0.717) is 12.8 Å². The zero-order valence-corrected chi connectivity index (χ0v) is 18.8. The number of carbonyl (C=O) groups is 1. The Morgan fingerprint density at radius 3 is 1.90 bits per heavy atom. The summed E-state index contributed by atoms with van der Waals surface area (Å²) >= 11 is 0. The standard InChI is InChI=1S/C24H33N3O.ClH/c1-22(2,19-11-7-5-8-12-19)26-21(28)23(25)15-17-24(18-16-23,27(3)4)20-13-9-6-10-14-20;/h5-14H,15-18,25H2,1-4H3,(H,26,28);1H/t23-,24+;. The first kappa shape index (κ1) is 23.4. The Bertz CT molecular complexity index is 797. The molecule has 2 aromatic carbocycles. The number of carbonyl (C=O) groups excluding carboxylic acids is 1. The molecule has 5 heteroatoms. The summed E-state index contributed by atoms with van der Waals surface area (Å²) in [6, 6.07) is 20.6. The van der Waals surface area contributed by atoms with Crippen LogP contribution in [-0.4, -0.2) is 30.4 Å². The van der Waals surface area contributed by atoms with Gasteiger partial charge in [0.25, 0.3) is 0 Å². The molecule has 0 aromatic heterocycles. The van der Waals surface area contributed by atoms with Crippen LogP contribution in [-0.2, 0) is 15.9 Å². The highest BCUT2D eigenvalue weighted by Crippen LogP contribution is 2.44. The summed E-state index contributed by atoms with van der Waals surface area (Å²) in [4.78, 5) is 15.5. The number of benzene rings is 2. The molecule has 0 aliphatic heterocycles. The van der Waals surface area contributed by atoms with Crippen LogP contribution in [0.3, 0.4) is 0 Å². The Hall–Kier alpha value is -1.88. The van der Waals surface area contributed by atoms with Crippen molar-refractivity contribution in [1.82, 2.24) is 10.2 Å². The predicted octanol–water partition coefficient (Wildman–Crippen LogP) is 4.19. The minimum atomic E-state index is -0.833. The van der Waals surface area contributed by atoms with E-state index < -0.39 is 11.1 Å². The van der Waals surface area contributed by atoms with Crippen LogP contribution < -0.4 is 11.1 Å². The van der Waals surface area contributed by atoms with Crippen molar-refractivity contribution in [2.24, 2.45) is 5.73 Å². The molecular weight excluding hydrogens is 382 g/mol. The average Bonchev–Trinajstić information content (AvgIpc) is 2.69. The predicted molar refractivity (Wildman–Crippen MR) is 122 cm³/mol. The number of nitrogens with two attached hydrogens (primary N) is 1.